The molecule has 0 spiro atoms. The number of ether oxygens (including phenoxy) is 2. The van der Waals surface area contributed by atoms with Crippen LogP contribution in [0, 0.1) is 22.6 Å². The van der Waals surface area contributed by atoms with Crippen LogP contribution >= 0.6 is 0 Å². The van der Waals surface area contributed by atoms with E-state index in [0.717, 1.165) is 0 Å². The minimum atomic E-state index is -0.702. The van der Waals surface area contributed by atoms with E-state index in [0.29, 0.717) is 0 Å². The molecule has 4 N–H and O–H groups in total. The SMILES string of the molecule is COc1ccc(N/N=C(\C#N)C(=N)N)c(OC)c1F. The molecule has 0 bridgehead atoms. The summed E-state index contributed by atoms with van der Waals surface area (Å²) in [5.74, 6) is -1.31. The van der Waals surface area contributed by atoms with E-state index in [4.69, 9.17) is 25.9 Å². The third-order valence-corrected chi connectivity index (χ3v) is 2.13. The number of hydrogen-bond acceptors (Lipinski definition) is 6. The molecule has 0 aliphatic rings. The Bertz CT molecular complexity index is 565. The fraction of sp³-hybridized carbons (Fsp3) is 0.182. The van der Waals surface area contributed by atoms with E-state index in [1.54, 1.807) is 6.07 Å². The standard InChI is InChI=1S/C11H12FN5O2/c1-18-8-4-3-6(10(19-2)9(8)12)16-17-7(5-13)11(14)15/h3-4,16H,1-2H3,(H3,14,15)/b17-7+. The highest BCUT2D eigenvalue weighted by Gasteiger charge is 2.14. The molecule has 0 saturated heterocycles. The first-order valence-electron chi connectivity index (χ1n) is 5.03. The van der Waals surface area contributed by atoms with E-state index in [-0.39, 0.29) is 22.9 Å². The van der Waals surface area contributed by atoms with Gasteiger partial charge in [0.25, 0.3) is 0 Å². The Kier molecular flexibility index (Phi) is 4.65. The van der Waals surface area contributed by atoms with Crippen LogP contribution in [-0.2, 0) is 0 Å². The van der Waals surface area contributed by atoms with Crippen LogP contribution in [0.25, 0.3) is 0 Å². The van der Waals surface area contributed by atoms with Crippen LogP contribution in [0.4, 0.5) is 10.1 Å². The largest absolute Gasteiger partial charge is 0.494 e. The lowest BCUT2D eigenvalue weighted by molar-refractivity contribution is 0.352. The average molecular weight is 265 g/mol. The second kappa shape index (κ2) is 6.20. The number of nitrogens with one attached hydrogen (secondary N) is 2. The highest BCUT2D eigenvalue weighted by atomic mass is 19.1. The zero-order chi connectivity index (χ0) is 14.4. The number of hydrogen-bond donors (Lipinski definition) is 3. The maximum Gasteiger partial charge on any atom is 0.209 e. The molecule has 0 amide bonds. The van der Waals surface area contributed by atoms with Gasteiger partial charge in [0.1, 0.15) is 11.8 Å². The molecule has 0 saturated carbocycles. The Labute approximate surface area is 108 Å². The molecule has 0 aliphatic carbocycles. The molecule has 7 nitrogen and oxygen atoms in total. The van der Waals surface area contributed by atoms with Crippen molar-refractivity contribution in [2.24, 2.45) is 10.8 Å². The number of nitriles is 1. The second-order valence-electron chi connectivity index (χ2n) is 3.26. The second-order valence-corrected chi connectivity index (χ2v) is 3.26. The lowest BCUT2D eigenvalue weighted by Crippen LogP contribution is -2.21. The first-order valence-corrected chi connectivity index (χ1v) is 5.03. The van der Waals surface area contributed by atoms with Crippen molar-refractivity contribution in [2.75, 3.05) is 19.6 Å². The van der Waals surface area contributed by atoms with Gasteiger partial charge in [-0.3, -0.25) is 10.8 Å². The fourth-order valence-electron chi connectivity index (χ4n) is 1.24. The molecule has 19 heavy (non-hydrogen) atoms. The number of halogens is 1. The first kappa shape index (κ1) is 14.2. The minimum Gasteiger partial charge on any atom is -0.494 e. The quantitative estimate of drug-likeness (QED) is 0.418. The van der Waals surface area contributed by atoms with Crippen LogP contribution in [0.5, 0.6) is 11.5 Å². The summed E-state index contributed by atoms with van der Waals surface area (Å²) < 4.78 is 23.5. The average Bonchev–Trinajstić information content (AvgIpc) is 2.39. The Morgan fingerprint density at radius 1 is 1.47 bits per heavy atom. The normalized spacial score (nSPS) is 10.5. The number of rotatable bonds is 5. The molecule has 1 aromatic rings. The Morgan fingerprint density at radius 3 is 2.63 bits per heavy atom. The van der Waals surface area contributed by atoms with Gasteiger partial charge in [0.2, 0.25) is 11.5 Å². The number of methoxy groups -OCH3 is 2. The third-order valence-electron chi connectivity index (χ3n) is 2.13. The van der Waals surface area contributed by atoms with Crippen molar-refractivity contribution in [1.29, 1.82) is 10.7 Å². The van der Waals surface area contributed by atoms with Gasteiger partial charge in [0, 0.05) is 0 Å². The number of nitrogens with zero attached hydrogens (tertiary/aromatic N) is 2. The summed E-state index contributed by atoms with van der Waals surface area (Å²) in [6.07, 6.45) is 0. The summed E-state index contributed by atoms with van der Waals surface area (Å²) in [5.41, 5.74) is 7.39. The van der Waals surface area contributed by atoms with Gasteiger partial charge in [-0.1, -0.05) is 0 Å². The molecular formula is C11H12FN5O2. The van der Waals surface area contributed by atoms with Crippen molar-refractivity contribution >= 4 is 17.2 Å². The van der Waals surface area contributed by atoms with Gasteiger partial charge in [-0.25, -0.2) is 0 Å². The fourth-order valence-corrected chi connectivity index (χ4v) is 1.24. The molecule has 0 unspecified atom stereocenters. The molecule has 0 radical (unpaired) electrons. The zero-order valence-corrected chi connectivity index (χ0v) is 10.3. The van der Waals surface area contributed by atoms with E-state index in [1.807, 2.05) is 0 Å². The summed E-state index contributed by atoms with van der Waals surface area (Å²) in [4.78, 5) is 0. The topological polar surface area (TPSA) is 117 Å². The van der Waals surface area contributed by atoms with E-state index in [9.17, 15) is 4.39 Å². The molecule has 1 rings (SSSR count). The zero-order valence-electron chi connectivity index (χ0n) is 10.3. The smallest absolute Gasteiger partial charge is 0.209 e. The molecular weight excluding hydrogens is 253 g/mol. The predicted octanol–water partition coefficient (Wildman–Crippen LogP) is 1.07. The van der Waals surface area contributed by atoms with Crippen molar-refractivity contribution in [3.8, 4) is 17.6 Å². The summed E-state index contributed by atoms with van der Waals surface area (Å²) in [7, 11) is 2.61. The predicted molar refractivity (Wildman–Crippen MR) is 68.1 cm³/mol. The number of hydrazone groups is 1. The number of nitrogens with two attached hydrogens (primary N) is 1. The van der Waals surface area contributed by atoms with E-state index >= 15 is 0 Å². The van der Waals surface area contributed by atoms with Crippen LogP contribution in [0.15, 0.2) is 17.2 Å². The highest BCUT2D eigenvalue weighted by Crippen LogP contribution is 2.33. The number of amidine groups is 1. The van der Waals surface area contributed by atoms with Gasteiger partial charge in [-0.15, -0.1) is 0 Å². The summed E-state index contributed by atoms with van der Waals surface area (Å²) in [6, 6.07) is 4.45. The molecule has 0 fully saturated rings. The van der Waals surface area contributed by atoms with Crippen LogP contribution < -0.4 is 20.6 Å². The van der Waals surface area contributed by atoms with Crippen molar-refractivity contribution in [2.45, 2.75) is 0 Å². The lowest BCUT2D eigenvalue weighted by Gasteiger charge is -2.11. The van der Waals surface area contributed by atoms with Crippen LogP contribution in [-0.4, -0.2) is 25.8 Å². The van der Waals surface area contributed by atoms with Crippen LogP contribution in [0.3, 0.4) is 0 Å². The maximum atomic E-state index is 13.8. The molecule has 1 aromatic carbocycles. The van der Waals surface area contributed by atoms with Crippen molar-refractivity contribution in [3.63, 3.8) is 0 Å². The molecule has 100 valence electrons. The molecule has 0 atom stereocenters. The molecule has 0 aromatic heterocycles. The Hall–Kier alpha value is -2.82. The van der Waals surface area contributed by atoms with Gasteiger partial charge < -0.3 is 15.2 Å². The van der Waals surface area contributed by atoms with E-state index in [1.165, 1.54) is 26.4 Å². The number of anilines is 1. The van der Waals surface area contributed by atoms with Crippen LogP contribution in [0.1, 0.15) is 0 Å². The maximum absolute atomic E-state index is 13.8. The lowest BCUT2D eigenvalue weighted by atomic mass is 10.2. The Morgan fingerprint density at radius 2 is 2.16 bits per heavy atom. The highest BCUT2D eigenvalue weighted by molar-refractivity contribution is 6.45. The van der Waals surface area contributed by atoms with Crippen molar-refractivity contribution in [3.05, 3.63) is 17.9 Å². The first-order chi connectivity index (χ1) is 9.04. The summed E-state index contributed by atoms with van der Waals surface area (Å²) >= 11 is 0. The summed E-state index contributed by atoms with van der Waals surface area (Å²) in [6.45, 7) is 0. The molecule has 0 heterocycles. The van der Waals surface area contributed by atoms with Gasteiger partial charge in [-0.2, -0.15) is 14.8 Å². The molecule has 8 heteroatoms. The van der Waals surface area contributed by atoms with Gasteiger partial charge in [0.05, 0.1) is 14.2 Å². The Balaban J connectivity index is 3.13. The minimum absolute atomic E-state index is 0.0125. The van der Waals surface area contributed by atoms with Gasteiger partial charge in [0.15, 0.2) is 17.3 Å². The molecule has 0 aliphatic heterocycles. The van der Waals surface area contributed by atoms with E-state index in [2.05, 4.69) is 10.5 Å². The van der Waals surface area contributed by atoms with Crippen molar-refractivity contribution in [1.82, 2.24) is 0 Å². The van der Waals surface area contributed by atoms with Crippen LogP contribution in [0.2, 0.25) is 0 Å². The van der Waals surface area contributed by atoms with E-state index < -0.39 is 11.7 Å². The summed E-state index contributed by atoms with van der Waals surface area (Å²) in [5, 5.41) is 19.3. The number of benzene rings is 1. The third kappa shape index (κ3) is 3.10. The van der Waals surface area contributed by atoms with Gasteiger partial charge >= 0.3 is 0 Å². The monoisotopic (exact) mass is 265 g/mol. The van der Waals surface area contributed by atoms with Gasteiger partial charge in [-0.05, 0) is 12.1 Å². The van der Waals surface area contributed by atoms with Crippen molar-refractivity contribution < 1.29 is 13.9 Å².